The maximum absolute atomic E-state index is 12.9. The van der Waals surface area contributed by atoms with Gasteiger partial charge in [0.1, 0.15) is 16.6 Å². The molecule has 0 atom stereocenters. The zero-order valence-electron chi connectivity index (χ0n) is 16.0. The summed E-state index contributed by atoms with van der Waals surface area (Å²) < 4.78 is 19.4. The number of rotatable bonds is 6. The van der Waals surface area contributed by atoms with Crippen molar-refractivity contribution in [1.82, 2.24) is 19.9 Å². The highest BCUT2D eigenvalue weighted by Crippen LogP contribution is 2.24. The van der Waals surface area contributed by atoms with Crippen LogP contribution in [0.3, 0.4) is 0 Å². The van der Waals surface area contributed by atoms with E-state index in [1.54, 1.807) is 0 Å². The zero-order chi connectivity index (χ0) is 21.1. The van der Waals surface area contributed by atoms with E-state index in [9.17, 15) is 14.0 Å². The summed E-state index contributed by atoms with van der Waals surface area (Å²) in [6.07, 6.45) is 0. The Morgan fingerprint density at radius 1 is 1.20 bits per heavy atom. The Morgan fingerprint density at radius 3 is 2.77 bits per heavy atom. The lowest BCUT2D eigenvalue weighted by Gasteiger charge is -2.07. The van der Waals surface area contributed by atoms with Crippen molar-refractivity contribution in [2.45, 2.75) is 13.5 Å². The highest BCUT2D eigenvalue weighted by atomic mass is 32.1. The second kappa shape index (κ2) is 8.42. The van der Waals surface area contributed by atoms with Gasteiger partial charge >= 0.3 is 0 Å². The number of amides is 1. The minimum absolute atomic E-state index is 0.0784. The first-order valence-electron chi connectivity index (χ1n) is 9.10. The number of benzene rings is 2. The van der Waals surface area contributed by atoms with Gasteiger partial charge in [-0.3, -0.25) is 9.59 Å². The Balaban J connectivity index is 1.43. The van der Waals surface area contributed by atoms with Gasteiger partial charge in [0.25, 0.3) is 11.5 Å². The standard InChI is InChI=1S/C21H17FN4O3S/c1-13-3-2-4-14(9-13)20-25-26-19(28)10-16(24-21(26)30-20)11-23-18(27)12-29-17-7-5-15(22)6-8-17/h2-10H,11-12H2,1H3,(H,23,27). The molecule has 2 heterocycles. The molecule has 0 aliphatic heterocycles. The molecular formula is C21H17FN4O3S. The summed E-state index contributed by atoms with van der Waals surface area (Å²) in [6, 6.07) is 14.6. The average Bonchev–Trinajstić information content (AvgIpc) is 3.17. The summed E-state index contributed by atoms with van der Waals surface area (Å²) >= 11 is 1.30. The molecule has 2 aromatic carbocycles. The summed E-state index contributed by atoms with van der Waals surface area (Å²) in [5.41, 5.74) is 2.12. The number of carbonyl (C=O) groups excluding carboxylic acids is 1. The highest BCUT2D eigenvalue weighted by molar-refractivity contribution is 7.19. The van der Waals surface area contributed by atoms with Gasteiger partial charge in [-0.05, 0) is 37.3 Å². The van der Waals surface area contributed by atoms with E-state index in [2.05, 4.69) is 15.4 Å². The molecule has 9 heteroatoms. The van der Waals surface area contributed by atoms with E-state index in [4.69, 9.17) is 4.74 Å². The molecule has 4 aromatic rings. The van der Waals surface area contributed by atoms with Crippen LogP contribution in [0.1, 0.15) is 11.3 Å². The van der Waals surface area contributed by atoms with E-state index >= 15 is 0 Å². The molecule has 0 aliphatic carbocycles. The molecular weight excluding hydrogens is 407 g/mol. The summed E-state index contributed by atoms with van der Waals surface area (Å²) in [6.45, 7) is 1.84. The fraction of sp³-hybridized carbons (Fsp3) is 0.143. The predicted molar refractivity (Wildman–Crippen MR) is 111 cm³/mol. The Kier molecular flexibility index (Phi) is 5.53. The fourth-order valence-electron chi connectivity index (χ4n) is 2.76. The molecule has 0 spiro atoms. The van der Waals surface area contributed by atoms with Crippen molar-refractivity contribution in [2.75, 3.05) is 6.61 Å². The van der Waals surface area contributed by atoms with Crippen molar-refractivity contribution < 1.29 is 13.9 Å². The van der Waals surface area contributed by atoms with Gasteiger partial charge in [-0.2, -0.15) is 9.61 Å². The molecule has 152 valence electrons. The predicted octanol–water partition coefficient (Wildman–Crippen LogP) is 2.96. The van der Waals surface area contributed by atoms with E-state index in [-0.39, 0.29) is 30.4 Å². The Morgan fingerprint density at radius 2 is 2.00 bits per heavy atom. The normalized spacial score (nSPS) is 10.9. The molecule has 0 fully saturated rings. The minimum Gasteiger partial charge on any atom is -0.484 e. The summed E-state index contributed by atoms with van der Waals surface area (Å²) in [5.74, 6) is -0.378. The van der Waals surface area contributed by atoms with Crippen LogP contribution >= 0.6 is 11.3 Å². The highest BCUT2D eigenvalue weighted by Gasteiger charge is 2.12. The van der Waals surface area contributed by atoms with Crippen molar-refractivity contribution in [2.24, 2.45) is 0 Å². The first-order valence-corrected chi connectivity index (χ1v) is 9.91. The topological polar surface area (TPSA) is 85.6 Å². The molecule has 0 saturated heterocycles. The Hall–Kier alpha value is -3.59. The number of ether oxygens (including phenoxy) is 1. The molecule has 7 nitrogen and oxygen atoms in total. The molecule has 4 rings (SSSR count). The van der Waals surface area contributed by atoms with E-state index in [0.29, 0.717) is 21.4 Å². The van der Waals surface area contributed by atoms with Gasteiger partial charge in [-0.15, -0.1) is 0 Å². The second-order valence-corrected chi connectivity index (χ2v) is 7.53. The zero-order valence-corrected chi connectivity index (χ0v) is 16.8. The van der Waals surface area contributed by atoms with Crippen LogP contribution in [0.25, 0.3) is 15.5 Å². The number of aryl methyl sites for hydroxylation is 1. The smallest absolute Gasteiger partial charge is 0.275 e. The summed E-state index contributed by atoms with van der Waals surface area (Å²) in [5, 5.41) is 7.70. The number of fused-ring (bicyclic) bond motifs is 1. The third-order valence-corrected chi connectivity index (χ3v) is 5.17. The summed E-state index contributed by atoms with van der Waals surface area (Å²) in [7, 11) is 0. The molecule has 30 heavy (non-hydrogen) atoms. The van der Waals surface area contributed by atoms with Gasteiger partial charge in [-0.1, -0.05) is 35.1 Å². The monoisotopic (exact) mass is 424 g/mol. The van der Waals surface area contributed by atoms with E-state index in [1.165, 1.54) is 46.2 Å². The lowest BCUT2D eigenvalue weighted by atomic mass is 10.1. The number of halogens is 1. The van der Waals surface area contributed by atoms with Crippen molar-refractivity contribution in [3.63, 3.8) is 0 Å². The maximum Gasteiger partial charge on any atom is 0.275 e. The van der Waals surface area contributed by atoms with E-state index in [1.807, 2.05) is 31.2 Å². The van der Waals surface area contributed by atoms with E-state index < -0.39 is 0 Å². The van der Waals surface area contributed by atoms with Gasteiger partial charge < -0.3 is 10.1 Å². The third-order valence-electron chi connectivity index (χ3n) is 4.21. The maximum atomic E-state index is 12.9. The second-order valence-electron chi connectivity index (χ2n) is 6.58. The van der Waals surface area contributed by atoms with Crippen LogP contribution in [0.4, 0.5) is 4.39 Å². The quantitative estimate of drug-likeness (QED) is 0.514. The third kappa shape index (κ3) is 4.52. The molecule has 0 saturated carbocycles. The molecule has 0 unspecified atom stereocenters. The number of hydrogen-bond acceptors (Lipinski definition) is 6. The minimum atomic E-state index is -0.383. The van der Waals surface area contributed by atoms with Crippen LogP contribution in [0.15, 0.2) is 59.4 Å². The molecule has 0 aliphatic rings. The molecule has 2 aromatic heterocycles. The van der Waals surface area contributed by atoms with Gasteiger partial charge in [-0.25, -0.2) is 9.37 Å². The van der Waals surface area contributed by atoms with E-state index in [0.717, 1.165) is 11.1 Å². The molecule has 0 radical (unpaired) electrons. The number of nitrogens with zero attached hydrogens (tertiary/aromatic N) is 3. The van der Waals surface area contributed by atoms with Gasteiger partial charge in [0, 0.05) is 11.6 Å². The Labute approximate surface area is 174 Å². The van der Waals surface area contributed by atoms with Crippen LogP contribution in [0, 0.1) is 12.7 Å². The van der Waals surface area contributed by atoms with Crippen molar-refractivity contribution in [1.29, 1.82) is 0 Å². The lowest BCUT2D eigenvalue weighted by molar-refractivity contribution is -0.123. The van der Waals surface area contributed by atoms with Crippen molar-refractivity contribution >= 4 is 22.2 Å². The number of aromatic nitrogens is 3. The fourth-order valence-corrected chi connectivity index (χ4v) is 3.68. The molecule has 1 N–H and O–H groups in total. The SMILES string of the molecule is Cc1cccc(-c2nn3c(=O)cc(CNC(=O)COc4ccc(F)cc4)nc3s2)c1. The average molecular weight is 424 g/mol. The van der Waals surface area contributed by atoms with Crippen LogP contribution in [0.2, 0.25) is 0 Å². The van der Waals surface area contributed by atoms with Crippen molar-refractivity contribution in [3.8, 4) is 16.3 Å². The summed E-state index contributed by atoms with van der Waals surface area (Å²) in [4.78, 5) is 29.3. The van der Waals surface area contributed by atoms with Crippen LogP contribution < -0.4 is 15.6 Å². The lowest BCUT2D eigenvalue weighted by Crippen LogP contribution is -2.29. The largest absolute Gasteiger partial charge is 0.484 e. The molecule has 0 bridgehead atoms. The first kappa shape index (κ1) is 19.7. The number of carbonyl (C=O) groups is 1. The van der Waals surface area contributed by atoms with Gasteiger partial charge in [0.2, 0.25) is 4.96 Å². The van der Waals surface area contributed by atoms with Crippen LogP contribution in [-0.4, -0.2) is 27.1 Å². The number of nitrogens with one attached hydrogen (secondary N) is 1. The number of hydrogen-bond donors (Lipinski definition) is 1. The van der Waals surface area contributed by atoms with Crippen LogP contribution in [0.5, 0.6) is 5.75 Å². The van der Waals surface area contributed by atoms with Gasteiger partial charge in [0.15, 0.2) is 6.61 Å². The van der Waals surface area contributed by atoms with Crippen molar-refractivity contribution in [3.05, 3.63) is 82.0 Å². The van der Waals surface area contributed by atoms with Crippen LogP contribution in [-0.2, 0) is 11.3 Å². The Bertz CT molecular complexity index is 1270. The van der Waals surface area contributed by atoms with Gasteiger partial charge in [0.05, 0.1) is 12.2 Å². The molecule has 1 amide bonds. The first-order chi connectivity index (χ1) is 14.5.